The van der Waals surface area contributed by atoms with Crippen LogP contribution in [0.1, 0.15) is 225 Å². The largest absolute Gasteiger partial charge is 0.541 e. The van der Waals surface area contributed by atoms with Crippen LogP contribution in [0.2, 0.25) is 36.3 Å². The summed E-state index contributed by atoms with van der Waals surface area (Å²) in [7, 11) is -4.59. The van der Waals surface area contributed by atoms with Gasteiger partial charge in [-0.1, -0.05) is 249 Å². The van der Waals surface area contributed by atoms with Crippen LogP contribution in [0.15, 0.2) is 12.1 Å². The summed E-state index contributed by atoms with van der Waals surface area (Å²) in [5, 5.41) is 0.829. The summed E-state index contributed by atoms with van der Waals surface area (Å²) >= 11 is 0. The average molecular weight is 759 g/mol. The van der Waals surface area contributed by atoms with E-state index in [1.807, 2.05) is 6.07 Å². The Labute approximate surface area is 324 Å². The van der Waals surface area contributed by atoms with Gasteiger partial charge in [-0.3, -0.25) is 0 Å². The Morgan fingerprint density at radius 3 is 0.846 bits per heavy atom. The van der Waals surface area contributed by atoms with E-state index in [-0.39, 0.29) is 5.75 Å². The van der Waals surface area contributed by atoms with Gasteiger partial charge in [-0.15, -0.1) is 0 Å². The van der Waals surface area contributed by atoms with Crippen molar-refractivity contribution >= 4 is 21.6 Å². The summed E-state index contributed by atoms with van der Waals surface area (Å²) in [6, 6.07) is 10.8. The normalized spacial score (nSPS) is 28.4. The Morgan fingerprint density at radius 2 is 0.558 bits per heavy atom. The lowest BCUT2D eigenvalue weighted by atomic mass is 10.1. The van der Waals surface area contributed by atoms with E-state index >= 15 is 8.78 Å². The molecule has 52 heavy (non-hydrogen) atoms. The van der Waals surface area contributed by atoms with Gasteiger partial charge >= 0.3 is 0 Å². The molecule has 0 spiro atoms. The third kappa shape index (κ3) is 16.6. The van der Waals surface area contributed by atoms with Crippen LogP contribution in [-0.2, 0) is 0 Å². The third-order valence-corrected chi connectivity index (χ3v) is 23.7. The van der Waals surface area contributed by atoms with E-state index < -0.39 is 28.0 Å². The summed E-state index contributed by atoms with van der Waals surface area (Å²) in [6.07, 6.45) is 45.9. The van der Waals surface area contributed by atoms with Gasteiger partial charge in [0.25, 0.3) is 8.32 Å². The minimum absolute atomic E-state index is 0.280. The molecule has 0 radical (unpaired) electrons. The molecule has 4 bridgehead atoms. The molecule has 0 N–H and O–H groups in total. The number of hydrogen-bond acceptors (Lipinski definition) is 1. The van der Waals surface area contributed by atoms with E-state index in [1.54, 1.807) is 0 Å². The van der Waals surface area contributed by atoms with E-state index in [4.69, 9.17) is 4.43 Å². The molecule has 1 aromatic rings. The minimum atomic E-state index is -2.32. The van der Waals surface area contributed by atoms with Crippen LogP contribution >= 0.6 is 0 Å². The summed E-state index contributed by atoms with van der Waals surface area (Å²) in [5.41, 5.74) is 0. The Kier molecular flexibility index (Phi) is 22.9. The first kappa shape index (κ1) is 44.0. The average Bonchev–Trinajstić information content (AvgIpc) is 3.14. The molecule has 0 aromatic heterocycles. The van der Waals surface area contributed by atoms with Crippen LogP contribution in [0.5, 0.6) is 5.75 Å². The van der Waals surface area contributed by atoms with E-state index in [0.717, 1.165) is 41.5 Å². The first-order valence-corrected chi connectivity index (χ1v) is 29.0. The lowest BCUT2D eigenvalue weighted by molar-refractivity contribution is 0.435. The van der Waals surface area contributed by atoms with Gasteiger partial charge in [0.1, 0.15) is 5.75 Å². The van der Waals surface area contributed by atoms with Gasteiger partial charge in [-0.2, -0.15) is 4.39 Å². The van der Waals surface area contributed by atoms with Crippen LogP contribution in [-0.4, -0.2) is 16.4 Å². The topological polar surface area (TPSA) is 9.23 Å². The fourth-order valence-corrected chi connectivity index (χ4v) is 20.1. The molecule has 0 saturated heterocycles. The maximum Gasteiger partial charge on any atom is 0.251 e. The fourth-order valence-electron chi connectivity index (χ4n) is 10.4. The Bertz CT molecular complexity index is 1010. The molecule has 300 valence electrons. The van der Waals surface area contributed by atoms with Crippen molar-refractivity contribution in [3.8, 4) is 5.75 Å². The highest BCUT2D eigenvalue weighted by Gasteiger charge is 2.40. The second-order valence-corrected chi connectivity index (χ2v) is 26.8. The van der Waals surface area contributed by atoms with Crippen LogP contribution in [0, 0.1) is 11.6 Å². The highest BCUT2D eigenvalue weighted by molar-refractivity contribution is 6.92. The smallest absolute Gasteiger partial charge is 0.251 e. The van der Waals surface area contributed by atoms with Crippen molar-refractivity contribution in [2.75, 3.05) is 0 Å². The lowest BCUT2D eigenvalue weighted by Crippen LogP contribution is -2.50. The molecular formula is C47H84F2OSi2. The monoisotopic (exact) mass is 759 g/mol. The second kappa shape index (κ2) is 27.0. The van der Waals surface area contributed by atoms with Gasteiger partial charge < -0.3 is 4.43 Å². The fraction of sp³-hybridized carbons (Fsp3) is 0.872. The van der Waals surface area contributed by atoms with E-state index in [2.05, 4.69) is 6.07 Å². The van der Waals surface area contributed by atoms with Gasteiger partial charge in [0.05, 0.1) is 8.07 Å². The quantitative estimate of drug-likeness (QED) is 0.239. The molecule has 0 aliphatic carbocycles. The zero-order valence-electron chi connectivity index (χ0n) is 34.3. The van der Waals surface area contributed by atoms with E-state index in [0.29, 0.717) is 0 Å². The highest BCUT2D eigenvalue weighted by atomic mass is 28.4. The van der Waals surface area contributed by atoms with Crippen molar-refractivity contribution < 1.29 is 13.2 Å². The Morgan fingerprint density at radius 1 is 0.308 bits per heavy atom. The summed E-state index contributed by atoms with van der Waals surface area (Å²) in [6.45, 7) is 0. The molecule has 1 nitrogen and oxygen atoms in total. The van der Waals surface area contributed by atoms with Crippen LogP contribution in [0.4, 0.5) is 8.78 Å². The first-order chi connectivity index (χ1) is 25.6. The van der Waals surface area contributed by atoms with Gasteiger partial charge in [0, 0.05) is 0 Å². The molecule has 0 atom stereocenters. The maximum atomic E-state index is 17.0. The molecule has 0 amide bonds. The zero-order chi connectivity index (χ0) is 36.4. The third-order valence-electron chi connectivity index (χ3n) is 13.8. The Hall–Kier alpha value is -0.686. The summed E-state index contributed by atoms with van der Waals surface area (Å²) in [5.74, 6) is -0.849. The molecule has 0 unspecified atom stereocenters. The predicted octanol–water partition coefficient (Wildman–Crippen LogP) is 16.6. The highest BCUT2D eigenvalue weighted by Crippen LogP contribution is 2.37. The van der Waals surface area contributed by atoms with Crippen molar-refractivity contribution in [1.29, 1.82) is 0 Å². The standard InChI is InChI=1S/C47H84F2OSi2/c48-46-44-36-37-45(47(46)49)51-38-30-24-18-12-6-1-3-9-15-21-27-33-41-52(50-44,43-35-29-23-17-11-5-8-14-20-26-32-40-51)42-34-28-22-16-10-4-2-7-13-19-25-31-39-51/h36-37H,1-35,38-43H2. The van der Waals surface area contributed by atoms with E-state index in [9.17, 15) is 0 Å². The number of rotatable bonds is 0. The Balaban J connectivity index is 1.72. The predicted molar refractivity (Wildman–Crippen MR) is 229 cm³/mol. The molecule has 5 heteroatoms. The van der Waals surface area contributed by atoms with Gasteiger partial charge in [-0.25, -0.2) is 4.39 Å². The van der Waals surface area contributed by atoms with Gasteiger partial charge in [0.15, 0.2) is 11.6 Å². The molecule has 6 rings (SSSR count). The van der Waals surface area contributed by atoms with Crippen LogP contribution < -0.4 is 9.61 Å². The number of hydrogen-bond donors (Lipinski definition) is 0. The molecule has 1 aromatic carbocycles. The van der Waals surface area contributed by atoms with Crippen LogP contribution in [0.3, 0.4) is 0 Å². The number of fused-ring (bicyclic) bond motifs is 25. The van der Waals surface area contributed by atoms with Crippen molar-refractivity contribution in [2.45, 2.75) is 261 Å². The second-order valence-electron chi connectivity index (χ2n) is 18.2. The molecular weight excluding hydrogens is 675 g/mol. The lowest BCUT2D eigenvalue weighted by Gasteiger charge is -2.35. The molecule has 5 aliphatic rings. The minimum Gasteiger partial charge on any atom is -0.541 e. The van der Waals surface area contributed by atoms with Gasteiger partial charge in [0.2, 0.25) is 0 Å². The van der Waals surface area contributed by atoms with Crippen molar-refractivity contribution in [3.63, 3.8) is 0 Å². The van der Waals surface area contributed by atoms with Gasteiger partial charge in [-0.05, 0) is 29.4 Å². The number of benzene rings is 1. The molecule has 5 heterocycles. The molecule has 0 saturated carbocycles. The molecule has 0 fully saturated rings. The number of halogens is 2. The maximum absolute atomic E-state index is 17.0. The van der Waals surface area contributed by atoms with Crippen LogP contribution in [0.25, 0.3) is 0 Å². The van der Waals surface area contributed by atoms with E-state index in [1.165, 1.54) is 225 Å². The van der Waals surface area contributed by atoms with Crippen molar-refractivity contribution in [1.82, 2.24) is 0 Å². The SMILES string of the molecule is Fc1c2ccc(c1F)[Si]13CCCCCCCCCCCCCC[Si](CCCCCCCCCCCCCC1)(CCCCCCCCCCCCC3)O2. The summed E-state index contributed by atoms with van der Waals surface area (Å²) < 4.78 is 40.9. The van der Waals surface area contributed by atoms with Crippen molar-refractivity contribution in [2.24, 2.45) is 0 Å². The molecule has 5 aliphatic heterocycles. The summed E-state index contributed by atoms with van der Waals surface area (Å²) in [4.78, 5) is 0. The zero-order valence-corrected chi connectivity index (χ0v) is 36.3. The first-order valence-electron chi connectivity index (χ1n) is 23.8. The van der Waals surface area contributed by atoms with Crippen molar-refractivity contribution in [3.05, 3.63) is 23.8 Å².